The maximum Gasteiger partial charge on any atom is 0.123 e. The molecule has 0 aromatic carbocycles. The summed E-state index contributed by atoms with van der Waals surface area (Å²) < 4.78 is 0. The highest BCUT2D eigenvalue weighted by molar-refractivity contribution is 5.54. The fraction of sp³-hybridized carbons (Fsp3) is 0.958. The van der Waals surface area contributed by atoms with Crippen molar-refractivity contribution in [1.29, 1.82) is 0 Å². The molecule has 0 saturated heterocycles. The minimum Gasteiger partial charge on any atom is -0.303 e. The lowest BCUT2D eigenvalue weighted by molar-refractivity contribution is -0.113. The molecule has 0 heterocycles. The highest BCUT2D eigenvalue weighted by atomic mass is 16.1. The van der Waals surface area contributed by atoms with Crippen LogP contribution in [0.25, 0.3) is 0 Å². The zero-order valence-electron chi connectivity index (χ0n) is 17.0. The standard InChI is InChI=1S/C24H44O/c1-21-13-12-15-22(19-21)14-8-6-4-2-3-5-7-9-16-23-17-10-11-18-24(23)20-25/h20-24H,2-19H2,1H3. The number of hydrogen-bond donors (Lipinski definition) is 0. The van der Waals surface area contributed by atoms with Crippen molar-refractivity contribution in [3.05, 3.63) is 0 Å². The zero-order valence-corrected chi connectivity index (χ0v) is 17.0. The Labute approximate surface area is 157 Å². The predicted octanol–water partition coefficient (Wildman–Crippen LogP) is 7.72. The number of hydrogen-bond acceptors (Lipinski definition) is 1. The molecule has 0 amide bonds. The molecule has 0 N–H and O–H groups in total. The number of aldehydes is 1. The number of unbranched alkanes of at least 4 members (excludes halogenated alkanes) is 7. The summed E-state index contributed by atoms with van der Waals surface area (Å²) >= 11 is 0. The first-order chi connectivity index (χ1) is 12.3. The molecule has 0 aromatic heterocycles. The normalized spacial score (nSPS) is 30.3. The van der Waals surface area contributed by atoms with Crippen LogP contribution < -0.4 is 0 Å². The highest BCUT2D eigenvalue weighted by Crippen LogP contribution is 2.33. The van der Waals surface area contributed by atoms with E-state index in [1.807, 2.05) is 0 Å². The summed E-state index contributed by atoms with van der Waals surface area (Å²) in [6.45, 7) is 2.44. The van der Waals surface area contributed by atoms with E-state index >= 15 is 0 Å². The minimum absolute atomic E-state index is 0.390. The zero-order chi connectivity index (χ0) is 17.7. The Balaban J connectivity index is 1.35. The smallest absolute Gasteiger partial charge is 0.123 e. The molecule has 2 rings (SSSR count). The van der Waals surface area contributed by atoms with Gasteiger partial charge in [-0.3, -0.25) is 0 Å². The quantitative estimate of drug-likeness (QED) is 0.260. The van der Waals surface area contributed by atoms with Crippen LogP contribution in [0.2, 0.25) is 0 Å². The summed E-state index contributed by atoms with van der Waals surface area (Å²) in [6, 6.07) is 0. The van der Waals surface area contributed by atoms with Crippen LogP contribution in [0.15, 0.2) is 0 Å². The third-order valence-electron chi connectivity index (χ3n) is 7.12. The molecule has 25 heavy (non-hydrogen) atoms. The van der Waals surface area contributed by atoms with Crippen molar-refractivity contribution in [3.63, 3.8) is 0 Å². The van der Waals surface area contributed by atoms with E-state index in [2.05, 4.69) is 6.92 Å². The van der Waals surface area contributed by atoms with Crippen molar-refractivity contribution in [3.8, 4) is 0 Å². The second-order valence-electron chi connectivity index (χ2n) is 9.39. The molecule has 146 valence electrons. The van der Waals surface area contributed by atoms with E-state index in [-0.39, 0.29) is 0 Å². The van der Waals surface area contributed by atoms with Crippen molar-refractivity contribution in [2.45, 2.75) is 122 Å². The summed E-state index contributed by atoms with van der Waals surface area (Å²) in [7, 11) is 0. The van der Waals surface area contributed by atoms with Gasteiger partial charge >= 0.3 is 0 Å². The third-order valence-corrected chi connectivity index (χ3v) is 7.12. The van der Waals surface area contributed by atoms with E-state index in [1.54, 1.807) is 0 Å². The third kappa shape index (κ3) is 8.74. The van der Waals surface area contributed by atoms with Gasteiger partial charge in [-0.15, -0.1) is 0 Å². The van der Waals surface area contributed by atoms with Gasteiger partial charge in [0.2, 0.25) is 0 Å². The Kier molecular flexibility index (Phi) is 10.9. The molecule has 1 nitrogen and oxygen atoms in total. The first-order valence-corrected chi connectivity index (χ1v) is 11.7. The first-order valence-electron chi connectivity index (χ1n) is 11.7. The molecule has 2 aliphatic rings. The van der Waals surface area contributed by atoms with E-state index in [1.165, 1.54) is 115 Å². The Morgan fingerprint density at radius 2 is 1.36 bits per heavy atom. The molecule has 4 unspecified atom stereocenters. The van der Waals surface area contributed by atoms with E-state index in [0.29, 0.717) is 11.8 Å². The van der Waals surface area contributed by atoms with Crippen LogP contribution in [-0.4, -0.2) is 6.29 Å². The molecular weight excluding hydrogens is 304 g/mol. The largest absolute Gasteiger partial charge is 0.303 e. The molecule has 0 radical (unpaired) electrons. The van der Waals surface area contributed by atoms with Gasteiger partial charge in [-0.05, 0) is 43.4 Å². The summed E-state index contributed by atoms with van der Waals surface area (Å²) in [4.78, 5) is 11.1. The fourth-order valence-electron chi connectivity index (χ4n) is 5.50. The van der Waals surface area contributed by atoms with Gasteiger partial charge in [0.25, 0.3) is 0 Å². The summed E-state index contributed by atoms with van der Waals surface area (Å²) in [6.07, 6.45) is 26.6. The van der Waals surface area contributed by atoms with Gasteiger partial charge in [-0.25, -0.2) is 0 Å². The van der Waals surface area contributed by atoms with Crippen molar-refractivity contribution < 1.29 is 4.79 Å². The van der Waals surface area contributed by atoms with Gasteiger partial charge in [-0.1, -0.05) is 96.8 Å². The molecular formula is C24H44O. The molecule has 0 bridgehead atoms. The lowest BCUT2D eigenvalue weighted by atomic mass is 9.77. The van der Waals surface area contributed by atoms with Crippen LogP contribution in [0.3, 0.4) is 0 Å². The number of rotatable bonds is 12. The van der Waals surface area contributed by atoms with Crippen LogP contribution in [0.5, 0.6) is 0 Å². The molecule has 0 spiro atoms. The first kappa shape index (κ1) is 21.0. The topological polar surface area (TPSA) is 17.1 Å². The lowest BCUT2D eigenvalue weighted by Crippen LogP contribution is -2.20. The van der Waals surface area contributed by atoms with Crippen LogP contribution in [0.1, 0.15) is 122 Å². The Hall–Kier alpha value is -0.330. The maximum atomic E-state index is 11.1. The SMILES string of the molecule is CC1CCCC(CCCCCCCCCCC2CCCCC2C=O)C1. The molecule has 1 heteroatoms. The summed E-state index contributed by atoms with van der Waals surface area (Å²) in [5.41, 5.74) is 0. The second-order valence-corrected chi connectivity index (χ2v) is 9.39. The van der Waals surface area contributed by atoms with Gasteiger partial charge in [0.15, 0.2) is 0 Å². The maximum absolute atomic E-state index is 11.1. The van der Waals surface area contributed by atoms with Gasteiger partial charge < -0.3 is 4.79 Å². The lowest BCUT2D eigenvalue weighted by Gasteiger charge is -2.27. The molecule has 2 saturated carbocycles. The fourth-order valence-corrected chi connectivity index (χ4v) is 5.50. The van der Waals surface area contributed by atoms with E-state index in [4.69, 9.17) is 0 Å². The molecule has 2 fully saturated rings. The van der Waals surface area contributed by atoms with Crippen LogP contribution >= 0.6 is 0 Å². The summed E-state index contributed by atoms with van der Waals surface area (Å²) in [5.74, 6) is 3.16. The van der Waals surface area contributed by atoms with Crippen LogP contribution in [0.4, 0.5) is 0 Å². The van der Waals surface area contributed by atoms with Gasteiger partial charge in [-0.2, -0.15) is 0 Å². The van der Waals surface area contributed by atoms with Crippen LogP contribution in [0, 0.1) is 23.7 Å². The van der Waals surface area contributed by atoms with E-state index < -0.39 is 0 Å². The predicted molar refractivity (Wildman–Crippen MR) is 109 cm³/mol. The Morgan fingerprint density at radius 1 is 0.720 bits per heavy atom. The van der Waals surface area contributed by atoms with Gasteiger partial charge in [0.1, 0.15) is 6.29 Å². The van der Waals surface area contributed by atoms with Crippen molar-refractivity contribution in [2.24, 2.45) is 23.7 Å². The van der Waals surface area contributed by atoms with E-state index in [9.17, 15) is 4.79 Å². The Bertz CT molecular complexity index is 337. The van der Waals surface area contributed by atoms with Crippen molar-refractivity contribution in [1.82, 2.24) is 0 Å². The second kappa shape index (κ2) is 12.9. The number of carbonyl (C=O) groups excluding carboxylic acids is 1. The van der Waals surface area contributed by atoms with Crippen molar-refractivity contribution >= 4 is 6.29 Å². The van der Waals surface area contributed by atoms with Crippen molar-refractivity contribution in [2.75, 3.05) is 0 Å². The average Bonchev–Trinajstić information content (AvgIpc) is 2.63. The summed E-state index contributed by atoms with van der Waals surface area (Å²) in [5, 5.41) is 0. The van der Waals surface area contributed by atoms with Gasteiger partial charge in [0, 0.05) is 5.92 Å². The molecule has 2 aliphatic carbocycles. The molecule has 0 aromatic rings. The molecule has 4 atom stereocenters. The van der Waals surface area contributed by atoms with E-state index in [0.717, 1.165) is 18.3 Å². The van der Waals surface area contributed by atoms with Crippen LogP contribution in [-0.2, 0) is 4.79 Å². The highest BCUT2D eigenvalue weighted by Gasteiger charge is 2.23. The average molecular weight is 349 g/mol. The number of carbonyl (C=O) groups is 1. The minimum atomic E-state index is 0.390. The molecule has 0 aliphatic heterocycles. The Morgan fingerprint density at radius 3 is 2.04 bits per heavy atom. The monoisotopic (exact) mass is 348 g/mol. The van der Waals surface area contributed by atoms with Gasteiger partial charge in [0.05, 0.1) is 0 Å².